The molecule has 0 unspecified atom stereocenters. The number of rotatable bonds is 4. The molecule has 0 spiro atoms. The van der Waals surface area contributed by atoms with Crippen molar-refractivity contribution < 1.29 is 92.6 Å². The van der Waals surface area contributed by atoms with E-state index in [0.29, 0.717) is 0 Å². The van der Waals surface area contributed by atoms with Crippen LogP contribution in [0.3, 0.4) is 0 Å². The molecular weight excluding hydrogens is 934 g/mol. The second kappa shape index (κ2) is 29.4. The molecule has 4 aromatic carbocycles. The number of aromatic carboxylic acids is 4. The van der Waals surface area contributed by atoms with Crippen LogP contribution in [0, 0.1) is 0 Å². The average Bonchev–Trinajstić information content (AvgIpc) is 2.98. The molecule has 4 rings (SSSR count). The number of phenols is 2. The van der Waals surface area contributed by atoms with Gasteiger partial charge in [0.25, 0.3) is 0 Å². The molecule has 2 N–H and O–H groups in total. The summed E-state index contributed by atoms with van der Waals surface area (Å²) in [5.74, 6) is -7.12. The molecule has 4 radical (unpaired) electrons. The van der Waals surface area contributed by atoms with E-state index in [1.807, 2.05) is 0 Å². The molecule has 0 bridgehead atoms. The number of aromatic hydroxyl groups is 2. The van der Waals surface area contributed by atoms with Crippen molar-refractivity contribution in [2.75, 3.05) is 0 Å². The Bertz CT molecular complexity index is 1350. The number of para-hydroxylation sites is 4. The fourth-order valence-electron chi connectivity index (χ4n) is 2.56. The van der Waals surface area contributed by atoms with Gasteiger partial charge in [0.1, 0.15) is 11.5 Å². The normalized spacial score (nSPS) is 8.80. The second-order valence-electron chi connectivity index (χ2n) is 9.27. The Morgan fingerprint density at radius 3 is 0.780 bits per heavy atom. The Kier molecular flexibility index (Phi) is 30.8. The third-order valence-electron chi connectivity index (χ3n) is 4.46. The Labute approximate surface area is 323 Å². The van der Waals surface area contributed by atoms with E-state index in [9.17, 15) is 60.0 Å². The van der Waals surface area contributed by atoms with Crippen molar-refractivity contribution in [3.05, 3.63) is 119 Å². The molecule has 0 fully saturated rings. The molecule has 14 nitrogen and oxygen atoms in total. The summed E-state index contributed by atoms with van der Waals surface area (Å²) in [5.41, 5.74) is -0.935. The molecule has 50 heavy (non-hydrogen) atoms. The predicted molar refractivity (Wildman–Crippen MR) is 161 cm³/mol. The van der Waals surface area contributed by atoms with Gasteiger partial charge in [-0.15, -0.1) is 12.2 Å². The number of benzene rings is 4. The summed E-state index contributed by atoms with van der Waals surface area (Å²) in [6, 6.07) is 22.0. The standard InChI is InChI=1S/4C7H6O3.2C3H7O.Bi.Nb/c4*8-6-4-2-1-3-5(6)7(9)10;2*1-3(2)4;;/h4*1-4,8H,(H,9,10);2*3H,1-2H3;;/q;;;;2*-1;;/p-6. The van der Waals surface area contributed by atoms with Gasteiger partial charge in [-0.2, -0.15) is 0 Å². The van der Waals surface area contributed by atoms with Crippen LogP contribution < -0.4 is 40.9 Å². The number of carboxylic acid groups (broad SMARTS) is 4. The second-order valence-corrected chi connectivity index (χ2v) is 9.27. The third kappa shape index (κ3) is 25.5. The predicted octanol–water partition coefficient (Wildman–Crippen LogP) is -3.11. The molecule has 4 aromatic rings. The topological polar surface area (TPSA) is 293 Å². The molecule has 0 saturated heterocycles. The Morgan fingerprint density at radius 2 is 0.640 bits per heavy atom. The molecule has 0 aliphatic heterocycles. The summed E-state index contributed by atoms with van der Waals surface area (Å²) in [5, 5.41) is 98.6. The summed E-state index contributed by atoms with van der Waals surface area (Å²) >= 11 is 0. The molecule has 270 valence electrons. The van der Waals surface area contributed by atoms with Crippen molar-refractivity contribution >= 4 is 50.1 Å². The van der Waals surface area contributed by atoms with Crippen molar-refractivity contribution in [3.8, 4) is 23.0 Å². The number of carbonyl (C=O) groups excluding carboxylic acids is 4. The van der Waals surface area contributed by atoms with Crippen LogP contribution in [0.2, 0.25) is 0 Å². The minimum atomic E-state index is -1.43. The molecule has 0 aliphatic rings. The maximum Gasteiger partial charge on any atom is 0.124 e. The van der Waals surface area contributed by atoms with Gasteiger partial charge in [0.2, 0.25) is 0 Å². The van der Waals surface area contributed by atoms with Crippen LogP contribution in [0.5, 0.6) is 23.0 Å². The van der Waals surface area contributed by atoms with Crippen LogP contribution in [-0.2, 0) is 22.4 Å². The van der Waals surface area contributed by atoms with Gasteiger partial charge in [-0.3, -0.25) is 0 Å². The van der Waals surface area contributed by atoms with Crippen LogP contribution in [0.15, 0.2) is 97.1 Å². The van der Waals surface area contributed by atoms with E-state index in [1.165, 1.54) is 84.9 Å². The van der Waals surface area contributed by atoms with E-state index in [-0.39, 0.29) is 82.3 Å². The number of carboxylic acids is 4. The van der Waals surface area contributed by atoms with Crippen molar-refractivity contribution in [1.29, 1.82) is 0 Å². The summed E-state index contributed by atoms with van der Waals surface area (Å²) in [6.45, 7) is 6.44. The van der Waals surface area contributed by atoms with Gasteiger partial charge in [0.15, 0.2) is 0 Å². The van der Waals surface area contributed by atoms with Gasteiger partial charge in [-0.1, -0.05) is 112 Å². The Balaban J connectivity index is -0.000000260. The van der Waals surface area contributed by atoms with Crippen LogP contribution in [0.1, 0.15) is 69.1 Å². The van der Waals surface area contributed by atoms with Crippen LogP contribution in [0.25, 0.3) is 0 Å². The fourth-order valence-corrected chi connectivity index (χ4v) is 2.56. The average molecular weight is 967 g/mol. The molecule has 16 heteroatoms. The van der Waals surface area contributed by atoms with Crippen molar-refractivity contribution in [2.24, 2.45) is 0 Å². The maximum absolute atomic E-state index is 10.6. The van der Waals surface area contributed by atoms with E-state index in [2.05, 4.69) is 0 Å². The van der Waals surface area contributed by atoms with E-state index < -0.39 is 47.6 Å². The third-order valence-corrected chi connectivity index (χ3v) is 4.46. The van der Waals surface area contributed by atoms with Gasteiger partial charge in [-0.05, 0) is 35.4 Å². The first-order valence-corrected chi connectivity index (χ1v) is 13.6. The molecule has 0 saturated carbocycles. The van der Waals surface area contributed by atoms with Crippen LogP contribution in [0.4, 0.5) is 0 Å². The van der Waals surface area contributed by atoms with Gasteiger partial charge < -0.3 is 70.2 Å². The first-order valence-electron chi connectivity index (χ1n) is 13.6. The largest absolute Gasteiger partial charge is 0.872 e. The van der Waals surface area contributed by atoms with Crippen LogP contribution >= 0.6 is 0 Å². The molecule has 0 atom stereocenters. The molecule has 0 aliphatic carbocycles. The SMILES string of the molecule is CC(C)[O-].CC(C)[O-].O=C([O-])c1ccccc1O.O=C([O-])c1ccccc1O.O=C([O-])c1ccccc1[O-].O=C([O-])c1ccccc1[O-].[Bi].[Nb]. The molecule has 0 amide bonds. The van der Waals surface area contributed by atoms with E-state index in [4.69, 9.17) is 10.2 Å². The number of carbonyl (C=O) groups is 4. The number of hydrogen-bond donors (Lipinski definition) is 2. The summed E-state index contributed by atoms with van der Waals surface area (Å²) in [6.07, 6.45) is -0.833. The van der Waals surface area contributed by atoms with Gasteiger partial charge in [-0.25, -0.2) is 0 Å². The fraction of sp³-hybridized carbons (Fsp3) is 0.176. The van der Waals surface area contributed by atoms with Gasteiger partial charge >= 0.3 is 0 Å². The zero-order chi connectivity index (χ0) is 37.4. The zero-order valence-electron chi connectivity index (χ0n) is 27.1. The monoisotopic (exact) mass is 966 g/mol. The maximum atomic E-state index is 10.6. The molecule has 0 heterocycles. The van der Waals surface area contributed by atoms with Crippen molar-refractivity contribution in [3.63, 3.8) is 0 Å². The zero-order valence-corrected chi connectivity index (χ0v) is 32.8. The van der Waals surface area contributed by atoms with E-state index in [1.54, 1.807) is 39.8 Å². The Morgan fingerprint density at radius 1 is 0.460 bits per heavy atom. The van der Waals surface area contributed by atoms with Crippen molar-refractivity contribution in [2.45, 2.75) is 39.9 Å². The van der Waals surface area contributed by atoms with Gasteiger partial charge in [0, 0.05) is 59.7 Å². The smallest absolute Gasteiger partial charge is 0.124 e. The van der Waals surface area contributed by atoms with E-state index in [0.717, 1.165) is 0 Å². The van der Waals surface area contributed by atoms with Crippen molar-refractivity contribution in [1.82, 2.24) is 0 Å². The molecular formula is C34H32BiNbO14-8. The summed E-state index contributed by atoms with van der Waals surface area (Å²) in [7, 11) is 0. The van der Waals surface area contributed by atoms with E-state index >= 15 is 0 Å². The summed E-state index contributed by atoms with van der Waals surface area (Å²) in [4.78, 5) is 40.5. The quantitative estimate of drug-likeness (QED) is 0.192. The molecule has 0 aromatic heterocycles. The Hall–Kier alpha value is -4.50. The number of hydrogen-bond acceptors (Lipinski definition) is 14. The summed E-state index contributed by atoms with van der Waals surface area (Å²) < 4.78 is 0. The minimum Gasteiger partial charge on any atom is -0.872 e. The minimum absolute atomic E-state index is 0. The first kappa shape index (κ1) is 52.3. The first-order chi connectivity index (χ1) is 22.3. The van der Waals surface area contributed by atoms with Crippen LogP contribution in [-0.4, -0.2) is 72.5 Å². The van der Waals surface area contributed by atoms with Gasteiger partial charge in [0.05, 0.1) is 23.9 Å².